The van der Waals surface area contributed by atoms with E-state index in [0.717, 1.165) is 14.9 Å². The maximum atomic E-state index is 5.90. The third-order valence-electron chi connectivity index (χ3n) is 2.05. The van der Waals surface area contributed by atoms with E-state index in [-0.39, 0.29) is 0 Å². The van der Waals surface area contributed by atoms with Crippen molar-refractivity contribution in [1.29, 1.82) is 0 Å². The number of anilines is 1. The molecule has 2 heterocycles. The molecule has 4 nitrogen and oxygen atoms in total. The highest BCUT2D eigenvalue weighted by Gasteiger charge is 2.14. The quantitative estimate of drug-likeness (QED) is 0.916. The molecule has 0 bridgehead atoms. The van der Waals surface area contributed by atoms with Crippen LogP contribution in [0.25, 0.3) is 10.6 Å². The van der Waals surface area contributed by atoms with Crippen molar-refractivity contribution in [2.75, 3.05) is 19.5 Å². The fraction of sp³-hybridized carbons (Fsp3) is 0.200. The molecule has 0 aromatic carbocycles. The normalized spacial score (nSPS) is 10.2. The minimum atomic E-state index is 0.628. The lowest BCUT2D eigenvalue weighted by Crippen LogP contribution is -1.99. The van der Waals surface area contributed by atoms with Crippen molar-refractivity contribution in [3.8, 4) is 16.3 Å². The van der Waals surface area contributed by atoms with E-state index in [4.69, 9.17) is 16.3 Å². The van der Waals surface area contributed by atoms with Gasteiger partial charge in [-0.2, -0.15) is 0 Å². The summed E-state index contributed by atoms with van der Waals surface area (Å²) in [5, 5.41) is 2.96. The van der Waals surface area contributed by atoms with Crippen LogP contribution in [0.4, 0.5) is 5.82 Å². The topological polar surface area (TPSA) is 47.0 Å². The maximum absolute atomic E-state index is 5.90. The van der Waals surface area contributed by atoms with Gasteiger partial charge in [-0.3, -0.25) is 0 Å². The number of thiophene rings is 1. The summed E-state index contributed by atoms with van der Waals surface area (Å²) in [6.07, 6.45) is 1.50. The number of hydrogen-bond donors (Lipinski definition) is 1. The highest BCUT2D eigenvalue weighted by molar-refractivity contribution is 7.19. The van der Waals surface area contributed by atoms with Crippen LogP contribution in [0.1, 0.15) is 0 Å². The molecule has 2 rings (SSSR count). The van der Waals surface area contributed by atoms with Crippen molar-refractivity contribution in [3.05, 3.63) is 22.8 Å². The molecule has 0 amide bonds. The van der Waals surface area contributed by atoms with Gasteiger partial charge in [0.25, 0.3) is 0 Å². The third kappa shape index (κ3) is 1.96. The molecule has 2 aromatic rings. The number of rotatable bonds is 3. The van der Waals surface area contributed by atoms with E-state index in [1.54, 1.807) is 14.2 Å². The second kappa shape index (κ2) is 4.67. The van der Waals surface area contributed by atoms with Gasteiger partial charge in [0.15, 0.2) is 11.6 Å². The Morgan fingerprint density at radius 3 is 2.75 bits per heavy atom. The summed E-state index contributed by atoms with van der Waals surface area (Å²) in [5.41, 5.74) is 0.749. The molecule has 2 aromatic heterocycles. The number of methoxy groups -OCH3 is 1. The van der Waals surface area contributed by atoms with Crippen molar-refractivity contribution >= 4 is 28.8 Å². The predicted molar refractivity (Wildman–Crippen MR) is 66.5 cm³/mol. The van der Waals surface area contributed by atoms with Crippen molar-refractivity contribution in [2.24, 2.45) is 0 Å². The number of nitrogens with zero attached hydrogens (tertiary/aromatic N) is 2. The zero-order valence-electron chi connectivity index (χ0n) is 8.82. The molecule has 0 radical (unpaired) electrons. The summed E-state index contributed by atoms with van der Waals surface area (Å²) in [6.45, 7) is 0. The molecule has 0 fully saturated rings. The summed E-state index contributed by atoms with van der Waals surface area (Å²) >= 11 is 7.36. The van der Waals surface area contributed by atoms with Crippen LogP contribution in [0.3, 0.4) is 0 Å². The molecule has 84 valence electrons. The van der Waals surface area contributed by atoms with Gasteiger partial charge in [-0.25, -0.2) is 9.97 Å². The molecule has 6 heteroatoms. The lowest BCUT2D eigenvalue weighted by atomic mass is 10.3. The molecule has 0 unspecified atom stereocenters. The Kier molecular flexibility index (Phi) is 3.26. The highest BCUT2D eigenvalue weighted by Crippen LogP contribution is 2.37. The largest absolute Gasteiger partial charge is 0.491 e. The molecule has 0 saturated carbocycles. The van der Waals surface area contributed by atoms with Crippen LogP contribution in [-0.2, 0) is 0 Å². The van der Waals surface area contributed by atoms with Gasteiger partial charge in [0.1, 0.15) is 12.0 Å². The van der Waals surface area contributed by atoms with E-state index in [0.29, 0.717) is 11.6 Å². The van der Waals surface area contributed by atoms with E-state index in [9.17, 15) is 0 Å². The molecule has 0 spiro atoms. The SMILES string of the molecule is CNc1ncnc(-c2ccc(Cl)s2)c1OC. The predicted octanol–water partition coefficient (Wildman–Crippen LogP) is 2.91. The van der Waals surface area contributed by atoms with Gasteiger partial charge in [-0.05, 0) is 12.1 Å². The Labute approximate surface area is 102 Å². The summed E-state index contributed by atoms with van der Waals surface area (Å²) in [4.78, 5) is 9.26. The van der Waals surface area contributed by atoms with E-state index in [1.807, 2.05) is 12.1 Å². The first-order valence-electron chi connectivity index (χ1n) is 4.58. The number of ether oxygens (including phenoxy) is 1. The molecule has 0 aliphatic carbocycles. The second-order valence-corrected chi connectivity index (χ2v) is 4.67. The first kappa shape index (κ1) is 11.2. The van der Waals surface area contributed by atoms with Crippen molar-refractivity contribution in [3.63, 3.8) is 0 Å². The first-order chi connectivity index (χ1) is 7.76. The number of halogens is 1. The Balaban J connectivity index is 2.56. The fourth-order valence-corrected chi connectivity index (χ4v) is 2.40. The van der Waals surface area contributed by atoms with Crippen LogP contribution < -0.4 is 10.1 Å². The highest BCUT2D eigenvalue weighted by atomic mass is 35.5. The lowest BCUT2D eigenvalue weighted by Gasteiger charge is -2.09. The van der Waals surface area contributed by atoms with Crippen molar-refractivity contribution in [2.45, 2.75) is 0 Å². The average molecular weight is 256 g/mol. The van der Waals surface area contributed by atoms with Crippen LogP contribution in [0, 0.1) is 0 Å². The van der Waals surface area contributed by atoms with Crippen molar-refractivity contribution < 1.29 is 4.74 Å². The van der Waals surface area contributed by atoms with Gasteiger partial charge in [0.2, 0.25) is 0 Å². The van der Waals surface area contributed by atoms with Crippen LogP contribution in [0.5, 0.6) is 5.75 Å². The van der Waals surface area contributed by atoms with Crippen LogP contribution in [0.2, 0.25) is 4.34 Å². The maximum Gasteiger partial charge on any atom is 0.188 e. The number of hydrogen-bond acceptors (Lipinski definition) is 5. The monoisotopic (exact) mass is 255 g/mol. The van der Waals surface area contributed by atoms with E-state index < -0.39 is 0 Å². The lowest BCUT2D eigenvalue weighted by molar-refractivity contribution is 0.415. The molecular formula is C10H10ClN3OS. The summed E-state index contributed by atoms with van der Waals surface area (Å²) in [6, 6.07) is 3.75. The fourth-order valence-electron chi connectivity index (χ4n) is 1.36. The summed E-state index contributed by atoms with van der Waals surface area (Å²) in [7, 11) is 3.38. The zero-order valence-corrected chi connectivity index (χ0v) is 10.4. The molecule has 0 aliphatic rings. The van der Waals surface area contributed by atoms with Gasteiger partial charge >= 0.3 is 0 Å². The molecule has 16 heavy (non-hydrogen) atoms. The van der Waals surface area contributed by atoms with Gasteiger partial charge in [-0.15, -0.1) is 11.3 Å². The second-order valence-electron chi connectivity index (χ2n) is 2.96. The standard InChI is InChI=1S/C10H10ClN3OS/c1-12-10-9(15-2)8(13-5-14-10)6-3-4-7(11)16-6/h3-5H,1-2H3,(H,12,13,14). The minimum absolute atomic E-state index is 0.628. The zero-order chi connectivity index (χ0) is 11.5. The molecule has 0 atom stereocenters. The van der Waals surface area contributed by atoms with Gasteiger partial charge in [0, 0.05) is 7.05 Å². The van der Waals surface area contributed by atoms with Gasteiger partial charge in [-0.1, -0.05) is 11.6 Å². The Bertz CT molecular complexity index is 501. The summed E-state index contributed by atoms with van der Waals surface area (Å²) < 4.78 is 6.03. The Morgan fingerprint density at radius 2 is 2.19 bits per heavy atom. The van der Waals surface area contributed by atoms with Gasteiger partial charge < -0.3 is 10.1 Å². The van der Waals surface area contributed by atoms with Crippen LogP contribution in [-0.4, -0.2) is 24.1 Å². The molecule has 0 aliphatic heterocycles. The summed E-state index contributed by atoms with van der Waals surface area (Å²) in [5.74, 6) is 1.29. The van der Waals surface area contributed by atoms with E-state index in [1.165, 1.54) is 17.7 Å². The van der Waals surface area contributed by atoms with Crippen molar-refractivity contribution in [1.82, 2.24) is 9.97 Å². The molecular weight excluding hydrogens is 246 g/mol. The number of nitrogens with one attached hydrogen (secondary N) is 1. The van der Waals surface area contributed by atoms with E-state index >= 15 is 0 Å². The smallest absolute Gasteiger partial charge is 0.188 e. The minimum Gasteiger partial charge on any atom is -0.491 e. The first-order valence-corrected chi connectivity index (χ1v) is 5.78. The average Bonchev–Trinajstić information content (AvgIpc) is 2.74. The van der Waals surface area contributed by atoms with Crippen LogP contribution in [0.15, 0.2) is 18.5 Å². The Morgan fingerprint density at radius 1 is 1.38 bits per heavy atom. The molecule has 0 saturated heterocycles. The number of aromatic nitrogens is 2. The van der Waals surface area contributed by atoms with Crippen LogP contribution >= 0.6 is 22.9 Å². The van der Waals surface area contributed by atoms with E-state index in [2.05, 4.69) is 15.3 Å². The van der Waals surface area contributed by atoms with Gasteiger partial charge in [0.05, 0.1) is 16.3 Å². The Hall–Kier alpha value is -1.33. The third-order valence-corrected chi connectivity index (χ3v) is 3.29. The molecule has 1 N–H and O–H groups in total.